The summed E-state index contributed by atoms with van der Waals surface area (Å²) in [6, 6.07) is 10.7. The van der Waals surface area contributed by atoms with Crippen molar-refractivity contribution >= 4 is 11.6 Å². The Labute approximate surface area is 110 Å². The van der Waals surface area contributed by atoms with Crippen molar-refractivity contribution in [2.75, 3.05) is 5.32 Å². The van der Waals surface area contributed by atoms with Crippen LogP contribution in [0.2, 0.25) is 0 Å². The minimum absolute atomic E-state index is 0.000280. The van der Waals surface area contributed by atoms with Crippen LogP contribution in [-0.2, 0) is 11.2 Å². The lowest BCUT2D eigenvalue weighted by molar-refractivity contribution is -0.114. The van der Waals surface area contributed by atoms with Crippen LogP contribution >= 0.6 is 0 Å². The largest absolute Gasteiger partial charge is 0.326 e. The molecule has 0 spiro atoms. The lowest BCUT2D eigenvalue weighted by atomic mass is 10.0. The smallest absolute Gasteiger partial charge is 0.221 e. The maximum absolute atomic E-state index is 13.6. The molecule has 0 aromatic heterocycles. The van der Waals surface area contributed by atoms with Crippen LogP contribution in [0.4, 0.5) is 14.5 Å². The van der Waals surface area contributed by atoms with Crippen molar-refractivity contribution < 1.29 is 13.6 Å². The molecule has 0 heterocycles. The third-order valence-electron chi connectivity index (χ3n) is 2.76. The van der Waals surface area contributed by atoms with Gasteiger partial charge >= 0.3 is 0 Å². The minimum atomic E-state index is -0.586. The molecule has 0 aliphatic carbocycles. The molecule has 98 valence electrons. The molecule has 2 aromatic rings. The van der Waals surface area contributed by atoms with Crippen molar-refractivity contribution in [3.8, 4) is 0 Å². The Morgan fingerprint density at radius 2 is 1.68 bits per heavy atom. The van der Waals surface area contributed by atoms with Crippen molar-refractivity contribution in [1.82, 2.24) is 0 Å². The molecule has 0 unspecified atom stereocenters. The summed E-state index contributed by atoms with van der Waals surface area (Å²) in [4.78, 5) is 11.1. The van der Waals surface area contributed by atoms with Crippen molar-refractivity contribution in [2.24, 2.45) is 0 Å². The van der Waals surface area contributed by atoms with Gasteiger partial charge in [-0.1, -0.05) is 24.3 Å². The Bertz CT molecular complexity index is 591. The third-order valence-corrected chi connectivity index (χ3v) is 2.76. The summed E-state index contributed by atoms with van der Waals surface area (Å²) in [5.74, 6) is -1.39. The summed E-state index contributed by atoms with van der Waals surface area (Å²) >= 11 is 0. The second-order valence-electron chi connectivity index (χ2n) is 4.22. The van der Waals surface area contributed by atoms with Crippen LogP contribution in [0.3, 0.4) is 0 Å². The zero-order valence-corrected chi connectivity index (χ0v) is 10.4. The average molecular weight is 261 g/mol. The van der Waals surface area contributed by atoms with Crippen LogP contribution in [0.15, 0.2) is 42.5 Å². The maximum atomic E-state index is 13.6. The maximum Gasteiger partial charge on any atom is 0.221 e. The topological polar surface area (TPSA) is 29.1 Å². The Morgan fingerprint density at radius 3 is 2.32 bits per heavy atom. The Morgan fingerprint density at radius 1 is 1.05 bits per heavy atom. The number of hydrogen-bond acceptors (Lipinski definition) is 1. The zero-order valence-electron chi connectivity index (χ0n) is 10.4. The first-order valence-corrected chi connectivity index (χ1v) is 5.86. The molecule has 0 atom stereocenters. The number of carbonyl (C=O) groups is 1. The normalized spacial score (nSPS) is 10.3. The molecule has 0 bridgehead atoms. The lowest BCUT2D eigenvalue weighted by Crippen LogP contribution is -2.09. The van der Waals surface area contributed by atoms with Crippen molar-refractivity contribution in [2.45, 2.75) is 13.3 Å². The Balaban J connectivity index is 2.36. The van der Waals surface area contributed by atoms with Gasteiger partial charge in [-0.3, -0.25) is 4.79 Å². The lowest BCUT2D eigenvalue weighted by Gasteiger charge is -2.11. The summed E-state index contributed by atoms with van der Waals surface area (Å²) in [7, 11) is 0. The molecule has 4 heteroatoms. The predicted molar refractivity (Wildman–Crippen MR) is 69.9 cm³/mol. The SMILES string of the molecule is CC(=O)Nc1ccccc1Cc1c(F)cccc1F. The molecule has 0 aliphatic heterocycles. The number of nitrogens with one attached hydrogen (secondary N) is 1. The molecular formula is C15H13F2NO. The molecule has 2 aromatic carbocycles. The van der Waals surface area contributed by atoms with Gasteiger partial charge in [0.05, 0.1) is 0 Å². The quantitative estimate of drug-likeness (QED) is 0.900. The molecule has 1 amide bonds. The van der Waals surface area contributed by atoms with Gasteiger partial charge in [0.25, 0.3) is 0 Å². The first-order valence-electron chi connectivity index (χ1n) is 5.86. The number of rotatable bonds is 3. The van der Waals surface area contributed by atoms with Crippen LogP contribution in [0.25, 0.3) is 0 Å². The number of hydrogen-bond donors (Lipinski definition) is 1. The van der Waals surface area contributed by atoms with Gasteiger partial charge in [-0.15, -0.1) is 0 Å². The highest BCUT2D eigenvalue weighted by Gasteiger charge is 2.11. The number of anilines is 1. The summed E-state index contributed by atoms with van der Waals surface area (Å²) in [5, 5.41) is 2.65. The Hall–Kier alpha value is -2.23. The van der Waals surface area contributed by atoms with Gasteiger partial charge in [-0.2, -0.15) is 0 Å². The standard InChI is InChI=1S/C15H13F2NO/c1-10(19)18-15-8-3-2-5-11(15)9-12-13(16)6-4-7-14(12)17/h2-8H,9H2,1H3,(H,18,19). The van der Waals surface area contributed by atoms with Gasteiger partial charge in [0, 0.05) is 24.6 Å². The molecule has 2 nitrogen and oxygen atoms in total. The molecule has 0 saturated heterocycles. The summed E-state index contributed by atoms with van der Waals surface area (Å²) in [6.45, 7) is 1.39. The zero-order chi connectivity index (χ0) is 13.8. The first kappa shape index (κ1) is 13.2. The highest BCUT2D eigenvalue weighted by molar-refractivity contribution is 5.89. The number of amides is 1. The fourth-order valence-corrected chi connectivity index (χ4v) is 1.88. The highest BCUT2D eigenvalue weighted by atomic mass is 19.1. The number of halogens is 2. The van der Waals surface area contributed by atoms with Crippen LogP contribution in [-0.4, -0.2) is 5.91 Å². The van der Waals surface area contributed by atoms with Gasteiger partial charge in [0.1, 0.15) is 11.6 Å². The van der Waals surface area contributed by atoms with E-state index in [1.54, 1.807) is 24.3 Å². The third kappa shape index (κ3) is 3.16. The van der Waals surface area contributed by atoms with Crippen molar-refractivity contribution in [3.05, 3.63) is 65.2 Å². The van der Waals surface area contributed by atoms with E-state index in [9.17, 15) is 13.6 Å². The van der Waals surface area contributed by atoms with Gasteiger partial charge in [0.2, 0.25) is 5.91 Å². The highest BCUT2D eigenvalue weighted by Crippen LogP contribution is 2.22. The first-order chi connectivity index (χ1) is 9.08. The van der Waals surface area contributed by atoms with E-state index in [2.05, 4.69) is 5.32 Å². The van der Waals surface area contributed by atoms with E-state index in [1.165, 1.54) is 25.1 Å². The van der Waals surface area contributed by atoms with Crippen LogP contribution in [0.5, 0.6) is 0 Å². The molecular weight excluding hydrogens is 248 g/mol. The summed E-state index contributed by atoms with van der Waals surface area (Å²) in [6.07, 6.45) is 0.0922. The second kappa shape index (κ2) is 5.61. The monoisotopic (exact) mass is 261 g/mol. The minimum Gasteiger partial charge on any atom is -0.326 e. The van der Waals surface area contributed by atoms with Gasteiger partial charge in [0.15, 0.2) is 0 Å². The van der Waals surface area contributed by atoms with E-state index in [1.807, 2.05) is 0 Å². The Kier molecular flexibility index (Phi) is 3.90. The number of carbonyl (C=O) groups excluding carboxylic acids is 1. The summed E-state index contributed by atoms with van der Waals surface area (Å²) < 4.78 is 27.2. The molecule has 19 heavy (non-hydrogen) atoms. The van der Waals surface area contributed by atoms with E-state index in [0.29, 0.717) is 11.3 Å². The van der Waals surface area contributed by atoms with Crippen LogP contribution < -0.4 is 5.32 Å². The van der Waals surface area contributed by atoms with E-state index in [-0.39, 0.29) is 17.9 Å². The average Bonchev–Trinajstić information content (AvgIpc) is 2.35. The van der Waals surface area contributed by atoms with E-state index < -0.39 is 11.6 Å². The van der Waals surface area contributed by atoms with Crippen molar-refractivity contribution in [3.63, 3.8) is 0 Å². The molecule has 0 aliphatic rings. The van der Waals surface area contributed by atoms with Gasteiger partial charge in [-0.05, 0) is 23.8 Å². The molecule has 0 fully saturated rings. The van der Waals surface area contributed by atoms with Gasteiger partial charge in [-0.25, -0.2) is 8.78 Å². The van der Waals surface area contributed by atoms with E-state index in [0.717, 1.165) is 0 Å². The van der Waals surface area contributed by atoms with E-state index >= 15 is 0 Å². The van der Waals surface area contributed by atoms with Gasteiger partial charge < -0.3 is 5.32 Å². The number of para-hydroxylation sites is 1. The molecule has 2 rings (SSSR count). The summed E-state index contributed by atoms with van der Waals surface area (Å²) in [5.41, 5.74) is 1.24. The predicted octanol–water partition coefficient (Wildman–Crippen LogP) is 3.51. The van der Waals surface area contributed by atoms with E-state index in [4.69, 9.17) is 0 Å². The fraction of sp³-hybridized carbons (Fsp3) is 0.133. The molecule has 0 saturated carbocycles. The molecule has 0 radical (unpaired) electrons. The van der Waals surface area contributed by atoms with Crippen molar-refractivity contribution in [1.29, 1.82) is 0 Å². The fourth-order valence-electron chi connectivity index (χ4n) is 1.88. The van der Waals surface area contributed by atoms with Crippen LogP contribution in [0.1, 0.15) is 18.1 Å². The molecule has 1 N–H and O–H groups in total. The number of benzene rings is 2. The second-order valence-corrected chi connectivity index (χ2v) is 4.22. The van der Waals surface area contributed by atoms with Crippen LogP contribution in [0, 0.1) is 11.6 Å².